The summed E-state index contributed by atoms with van der Waals surface area (Å²) in [5.41, 5.74) is -0.634. The van der Waals surface area contributed by atoms with E-state index in [9.17, 15) is 32.3 Å². The first-order chi connectivity index (χ1) is 19.6. The quantitative estimate of drug-likeness (QED) is 0.427. The van der Waals surface area contributed by atoms with E-state index in [2.05, 4.69) is 4.98 Å². The number of aromatic nitrogens is 1. The van der Waals surface area contributed by atoms with Crippen molar-refractivity contribution >= 4 is 46.5 Å². The molecule has 0 bridgehead atoms. The van der Waals surface area contributed by atoms with Crippen LogP contribution in [-0.2, 0) is 20.6 Å². The van der Waals surface area contributed by atoms with E-state index < -0.39 is 40.6 Å². The lowest BCUT2D eigenvalue weighted by Crippen LogP contribution is -2.38. The first-order valence-electron chi connectivity index (χ1n) is 13.1. The molecule has 0 radical (unpaired) electrons. The van der Waals surface area contributed by atoms with Gasteiger partial charge < -0.3 is 14.6 Å². The summed E-state index contributed by atoms with van der Waals surface area (Å²) >= 11 is 1.94. The molecule has 0 spiro atoms. The third-order valence-electron chi connectivity index (χ3n) is 7.57. The van der Waals surface area contributed by atoms with Gasteiger partial charge in [0.2, 0.25) is 11.8 Å². The molecule has 8 nitrogen and oxygen atoms in total. The number of likely N-dealkylation sites (tertiary alicyclic amines) is 1. The van der Waals surface area contributed by atoms with E-state index in [0.717, 1.165) is 65.5 Å². The minimum absolute atomic E-state index is 0.161. The van der Waals surface area contributed by atoms with Crippen LogP contribution in [0.15, 0.2) is 58.4 Å². The number of H-pyrrole nitrogens is 1. The number of anilines is 1. The Morgan fingerprint density at radius 3 is 2.51 bits per heavy atom. The van der Waals surface area contributed by atoms with Crippen LogP contribution in [0, 0.1) is 5.92 Å². The number of fused-ring (bicyclic) bond motifs is 2. The van der Waals surface area contributed by atoms with Crippen LogP contribution >= 0.6 is 23.1 Å². The molecule has 3 aromatic rings. The second-order valence-corrected chi connectivity index (χ2v) is 12.2. The molecule has 2 fully saturated rings. The summed E-state index contributed by atoms with van der Waals surface area (Å²) < 4.78 is 46.3. The Bertz CT molecular complexity index is 1580. The van der Waals surface area contributed by atoms with Crippen LogP contribution in [-0.4, -0.2) is 52.6 Å². The number of para-hydroxylation sites is 1. The first-order valence-corrected chi connectivity index (χ1v) is 14.8. The van der Waals surface area contributed by atoms with Crippen LogP contribution in [0.5, 0.6) is 5.75 Å². The molecule has 4 heterocycles. The number of nitrogens with one attached hydrogen (secondary N) is 1. The molecule has 3 aliphatic heterocycles. The fourth-order valence-electron chi connectivity index (χ4n) is 5.67. The van der Waals surface area contributed by atoms with Crippen molar-refractivity contribution in [2.45, 2.75) is 41.6 Å². The highest BCUT2D eigenvalue weighted by Gasteiger charge is 2.57. The average Bonchev–Trinajstić information content (AvgIpc) is 3.46. The molecule has 2 unspecified atom stereocenters. The van der Waals surface area contributed by atoms with Gasteiger partial charge in [-0.3, -0.25) is 19.2 Å². The van der Waals surface area contributed by atoms with Crippen molar-refractivity contribution in [1.29, 1.82) is 0 Å². The molecule has 41 heavy (non-hydrogen) atoms. The lowest BCUT2D eigenvalue weighted by Gasteiger charge is -2.31. The van der Waals surface area contributed by atoms with Crippen molar-refractivity contribution in [3.05, 3.63) is 74.2 Å². The number of hydrogen-bond acceptors (Lipinski definition) is 7. The largest absolute Gasteiger partial charge is 0.483 e. The maximum atomic E-state index is 13.9. The lowest BCUT2D eigenvalue weighted by atomic mass is 9.82. The lowest BCUT2D eigenvalue weighted by molar-refractivity contribution is -0.137. The predicted octanol–water partition coefficient (Wildman–Crippen LogP) is 4.64. The Hall–Kier alpha value is -3.58. The Morgan fingerprint density at radius 1 is 1.00 bits per heavy atom. The number of nitrogens with zero attached hydrogens (tertiary/aromatic N) is 2. The molecule has 1 aromatic heterocycles. The second-order valence-electron chi connectivity index (χ2n) is 10.1. The highest BCUT2D eigenvalue weighted by Crippen LogP contribution is 2.54. The van der Waals surface area contributed by atoms with Gasteiger partial charge in [0, 0.05) is 29.4 Å². The maximum Gasteiger partial charge on any atom is 0.416 e. The maximum absolute atomic E-state index is 13.9. The summed E-state index contributed by atoms with van der Waals surface area (Å²) in [5.74, 6) is -2.96. The van der Waals surface area contributed by atoms with E-state index in [0.29, 0.717) is 34.3 Å². The molecule has 6 rings (SSSR count). The molecule has 2 aromatic carbocycles. The zero-order chi connectivity index (χ0) is 28.9. The van der Waals surface area contributed by atoms with Gasteiger partial charge in [0.05, 0.1) is 22.2 Å². The van der Waals surface area contributed by atoms with Crippen LogP contribution in [0.1, 0.15) is 41.2 Å². The third kappa shape index (κ3) is 5.05. The smallest absolute Gasteiger partial charge is 0.416 e. The molecule has 2 saturated heterocycles. The molecule has 214 valence electrons. The number of aromatic amines is 1. The van der Waals surface area contributed by atoms with Crippen molar-refractivity contribution in [3.8, 4) is 5.75 Å². The highest BCUT2D eigenvalue weighted by atomic mass is 32.2. The zero-order valence-corrected chi connectivity index (χ0v) is 23.1. The molecule has 3 aliphatic rings. The standard InChI is InChI=1S/C28H24F3N3O5S2/c29-28(30,31)15-7-6-8-16(13-15)34-25(36)21-20(22-24(32-27(38)41-22)40-23(21)26(34)37)17-9-2-3-10-18(17)39-14-19(35)33-11-4-1-5-12-33/h2-3,6-10,13,20-21,23H,1,4-5,11-12,14H2,(H,32,38)/t20-,21?,23?/m1/s1. The van der Waals surface area contributed by atoms with Gasteiger partial charge in [-0.05, 0) is 43.5 Å². The van der Waals surface area contributed by atoms with E-state index >= 15 is 0 Å². The number of halogens is 3. The van der Waals surface area contributed by atoms with Crippen LogP contribution in [0.25, 0.3) is 0 Å². The number of carbonyl (C=O) groups is 3. The van der Waals surface area contributed by atoms with E-state index in [1.165, 1.54) is 6.07 Å². The van der Waals surface area contributed by atoms with Gasteiger partial charge >= 0.3 is 11.0 Å². The second kappa shape index (κ2) is 10.7. The normalized spacial score (nSPS) is 22.5. The Morgan fingerprint density at radius 2 is 1.76 bits per heavy atom. The summed E-state index contributed by atoms with van der Waals surface area (Å²) in [6.45, 7) is 1.11. The fraction of sp³-hybridized carbons (Fsp3) is 0.357. The summed E-state index contributed by atoms with van der Waals surface area (Å²) in [7, 11) is 0. The van der Waals surface area contributed by atoms with Crippen molar-refractivity contribution in [3.63, 3.8) is 0 Å². The number of thiazole rings is 1. The number of hydrogen-bond donors (Lipinski definition) is 1. The predicted molar refractivity (Wildman–Crippen MR) is 146 cm³/mol. The molecule has 13 heteroatoms. The molecule has 3 atom stereocenters. The number of thioether (sulfide) groups is 1. The minimum Gasteiger partial charge on any atom is -0.483 e. The number of rotatable bonds is 5. The highest BCUT2D eigenvalue weighted by molar-refractivity contribution is 8.00. The molecule has 0 saturated carbocycles. The number of imide groups is 1. The third-order valence-corrected chi connectivity index (χ3v) is 9.97. The van der Waals surface area contributed by atoms with Crippen molar-refractivity contribution in [2.75, 3.05) is 24.6 Å². The van der Waals surface area contributed by atoms with Crippen LogP contribution in [0.4, 0.5) is 18.9 Å². The van der Waals surface area contributed by atoms with E-state index in [-0.39, 0.29) is 23.1 Å². The van der Waals surface area contributed by atoms with E-state index in [4.69, 9.17) is 4.74 Å². The monoisotopic (exact) mass is 603 g/mol. The van der Waals surface area contributed by atoms with E-state index in [1.54, 1.807) is 29.2 Å². The Labute approximate surface area is 240 Å². The SMILES string of the molecule is O=C(COc1ccccc1[C@H]1c2sc(=O)[nH]c2SC2C(=O)N(c3cccc(C(F)(F)F)c3)C(=O)C21)N1CCCCC1. The van der Waals surface area contributed by atoms with Gasteiger partial charge in [-0.15, -0.1) is 0 Å². The van der Waals surface area contributed by atoms with Gasteiger partial charge in [0.25, 0.3) is 5.91 Å². The number of alkyl halides is 3. The first kappa shape index (κ1) is 27.6. The number of piperidine rings is 1. The number of ether oxygens (including phenoxy) is 1. The van der Waals surface area contributed by atoms with Gasteiger partial charge in [0.1, 0.15) is 11.0 Å². The summed E-state index contributed by atoms with van der Waals surface area (Å²) in [4.78, 5) is 58.2. The van der Waals surface area contributed by atoms with Crippen molar-refractivity contribution < 1.29 is 32.3 Å². The van der Waals surface area contributed by atoms with Gasteiger partial charge in [0.15, 0.2) is 6.61 Å². The molecular weight excluding hydrogens is 579 g/mol. The van der Waals surface area contributed by atoms with E-state index in [1.807, 2.05) is 0 Å². The number of benzene rings is 2. The van der Waals surface area contributed by atoms with Crippen LogP contribution < -0.4 is 14.5 Å². The topological polar surface area (TPSA) is 99.8 Å². The van der Waals surface area contributed by atoms with Gasteiger partial charge in [-0.1, -0.05) is 47.4 Å². The summed E-state index contributed by atoms with van der Waals surface area (Å²) in [6.07, 6.45) is -1.73. The summed E-state index contributed by atoms with van der Waals surface area (Å²) in [5, 5.41) is -0.555. The van der Waals surface area contributed by atoms with Gasteiger partial charge in [-0.2, -0.15) is 13.2 Å². The van der Waals surface area contributed by atoms with Crippen LogP contribution in [0.3, 0.4) is 0 Å². The Kier molecular flexibility index (Phi) is 7.18. The van der Waals surface area contributed by atoms with Crippen LogP contribution in [0.2, 0.25) is 0 Å². The fourth-order valence-corrected chi connectivity index (χ4v) is 8.18. The zero-order valence-electron chi connectivity index (χ0n) is 21.5. The molecule has 1 N–H and O–H groups in total. The molecule has 0 aliphatic carbocycles. The number of carbonyl (C=O) groups excluding carboxylic acids is 3. The average molecular weight is 604 g/mol. The molecule has 3 amide bonds. The van der Waals surface area contributed by atoms with Crippen molar-refractivity contribution in [1.82, 2.24) is 9.88 Å². The minimum atomic E-state index is -4.66. The Balaban J connectivity index is 1.37. The number of amides is 3. The van der Waals surface area contributed by atoms with Gasteiger partial charge in [-0.25, -0.2) is 4.90 Å². The summed E-state index contributed by atoms with van der Waals surface area (Å²) in [6, 6.07) is 10.9. The van der Waals surface area contributed by atoms with Crippen molar-refractivity contribution in [2.24, 2.45) is 5.92 Å². The molecular formula is C28H24F3N3O5S2.